The third kappa shape index (κ3) is 5.55. The molecule has 0 aliphatic carbocycles. The van der Waals surface area contributed by atoms with Crippen LogP contribution in [0.25, 0.3) is 0 Å². The number of nitrogens with two attached hydrogens (primary N) is 1. The Hall–Kier alpha value is -1.30. The predicted molar refractivity (Wildman–Crippen MR) is 60.9 cm³/mol. The quantitative estimate of drug-likeness (QED) is 0.469. The van der Waals surface area contributed by atoms with Crippen LogP contribution in [-0.2, 0) is 4.79 Å². The van der Waals surface area contributed by atoms with E-state index in [9.17, 15) is 9.59 Å². The summed E-state index contributed by atoms with van der Waals surface area (Å²) in [6.07, 6.45) is 3.96. The summed E-state index contributed by atoms with van der Waals surface area (Å²) in [5, 5.41) is 8.46. The second-order valence-electron chi connectivity index (χ2n) is 3.99. The fourth-order valence-corrected chi connectivity index (χ4v) is 1.78. The fraction of sp³-hybridized carbons (Fsp3) is 0.800. The lowest BCUT2D eigenvalue weighted by Crippen LogP contribution is -2.41. The van der Waals surface area contributed by atoms with Gasteiger partial charge >= 0.3 is 6.03 Å². The highest BCUT2D eigenvalue weighted by Gasteiger charge is 2.15. The molecule has 1 atom stereocenters. The van der Waals surface area contributed by atoms with E-state index in [1.165, 1.54) is 12.8 Å². The van der Waals surface area contributed by atoms with Gasteiger partial charge in [-0.05, 0) is 19.4 Å². The Kier molecular flexibility index (Phi) is 5.63. The van der Waals surface area contributed by atoms with Crippen molar-refractivity contribution in [2.24, 2.45) is 5.73 Å². The van der Waals surface area contributed by atoms with Gasteiger partial charge in [0, 0.05) is 25.6 Å². The van der Waals surface area contributed by atoms with Crippen LogP contribution in [0, 0.1) is 0 Å². The lowest BCUT2D eigenvalue weighted by molar-refractivity contribution is -0.121. The number of hydrogen-bond acceptors (Lipinski definition) is 3. The molecule has 6 nitrogen and oxygen atoms in total. The number of nitrogens with one attached hydrogen (secondary N) is 3. The first-order valence-corrected chi connectivity index (χ1v) is 5.72. The van der Waals surface area contributed by atoms with Crippen LogP contribution in [0.15, 0.2) is 0 Å². The highest BCUT2D eigenvalue weighted by atomic mass is 16.2. The maximum Gasteiger partial charge on any atom is 0.312 e. The largest absolute Gasteiger partial charge is 0.354 e. The molecule has 3 amide bonds. The van der Waals surface area contributed by atoms with Crippen molar-refractivity contribution in [3.63, 3.8) is 0 Å². The minimum absolute atomic E-state index is 0.0191. The van der Waals surface area contributed by atoms with Crippen molar-refractivity contribution in [3.8, 4) is 0 Å². The minimum Gasteiger partial charge on any atom is -0.354 e. The molecule has 0 aromatic heterocycles. The van der Waals surface area contributed by atoms with E-state index in [0.717, 1.165) is 13.0 Å². The first kappa shape index (κ1) is 12.8. The zero-order chi connectivity index (χ0) is 11.8. The third-order valence-corrected chi connectivity index (χ3v) is 2.59. The summed E-state index contributed by atoms with van der Waals surface area (Å²) in [6.45, 7) is 1.80. The van der Waals surface area contributed by atoms with Crippen LogP contribution in [0.2, 0.25) is 0 Å². The number of carbonyl (C=O) groups excluding carboxylic acids is 2. The average Bonchev–Trinajstić information content (AvgIpc) is 2.25. The highest BCUT2D eigenvalue weighted by molar-refractivity contribution is 5.76. The molecular weight excluding hydrogens is 208 g/mol. The van der Waals surface area contributed by atoms with Crippen molar-refractivity contribution >= 4 is 11.9 Å². The summed E-state index contributed by atoms with van der Waals surface area (Å²) in [6, 6.07) is -0.263. The molecule has 1 aliphatic rings. The molecule has 1 unspecified atom stereocenters. The van der Waals surface area contributed by atoms with E-state index in [1.54, 1.807) is 0 Å². The Bertz CT molecular complexity index is 239. The summed E-state index contributed by atoms with van der Waals surface area (Å²) in [5.74, 6) is 0.0191. The molecule has 1 aliphatic heterocycles. The smallest absolute Gasteiger partial charge is 0.312 e. The summed E-state index contributed by atoms with van der Waals surface area (Å²) in [4.78, 5) is 21.8. The van der Waals surface area contributed by atoms with Gasteiger partial charge in [-0.15, -0.1) is 0 Å². The normalized spacial score (nSPS) is 20.1. The number of amides is 3. The zero-order valence-corrected chi connectivity index (χ0v) is 9.42. The van der Waals surface area contributed by atoms with E-state index >= 15 is 0 Å². The first-order chi connectivity index (χ1) is 7.68. The SMILES string of the molecule is NC(=O)NCCNC(=O)CC1CCCCN1. The lowest BCUT2D eigenvalue weighted by Gasteiger charge is -2.22. The lowest BCUT2D eigenvalue weighted by atomic mass is 10.0. The van der Waals surface area contributed by atoms with Crippen molar-refractivity contribution < 1.29 is 9.59 Å². The molecule has 0 aromatic carbocycles. The zero-order valence-electron chi connectivity index (χ0n) is 9.42. The van der Waals surface area contributed by atoms with Gasteiger partial charge in [0.2, 0.25) is 5.91 Å². The van der Waals surface area contributed by atoms with Gasteiger partial charge in [-0.2, -0.15) is 0 Å². The van der Waals surface area contributed by atoms with Crippen molar-refractivity contribution in [1.82, 2.24) is 16.0 Å². The van der Waals surface area contributed by atoms with Crippen molar-refractivity contribution in [1.29, 1.82) is 0 Å². The van der Waals surface area contributed by atoms with Crippen molar-refractivity contribution in [3.05, 3.63) is 0 Å². The Morgan fingerprint density at radius 2 is 2.00 bits per heavy atom. The van der Waals surface area contributed by atoms with Crippen LogP contribution in [-0.4, -0.2) is 37.6 Å². The van der Waals surface area contributed by atoms with Gasteiger partial charge in [-0.1, -0.05) is 6.42 Å². The standard InChI is InChI=1S/C10H20N4O2/c11-10(16)14-6-5-13-9(15)7-8-3-1-2-4-12-8/h8,12H,1-7H2,(H,13,15)(H3,11,14,16). The molecule has 6 heteroatoms. The number of piperidine rings is 1. The molecule has 1 rings (SSSR count). The predicted octanol–water partition coefficient (Wildman–Crippen LogP) is -0.697. The summed E-state index contributed by atoms with van der Waals surface area (Å²) < 4.78 is 0. The summed E-state index contributed by atoms with van der Waals surface area (Å²) in [5.41, 5.74) is 4.89. The molecule has 0 saturated carbocycles. The maximum atomic E-state index is 11.5. The number of rotatable bonds is 5. The highest BCUT2D eigenvalue weighted by Crippen LogP contribution is 2.09. The van der Waals surface area contributed by atoms with Gasteiger partial charge < -0.3 is 21.7 Å². The Morgan fingerprint density at radius 3 is 2.62 bits per heavy atom. The number of urea groups is 1. The Balaban J connectivity index is 2.03. The molecule has 0 aromatic rings. The minimum atomic E-state index is -0.566. The van der Waals surface area contributed by atoms with Crippen molar-refractivity contribution in [2.45, 2.75) is 31.7 Å². The third-order valence-electron chi connectivity index (χ3n) is 2.59. The molecule has 0 radical (unpaired) electrons. The summed E-state index contributed by atoms with van der Waals surface area (Å²) >= 11 is 0. The number of carbonyl (C=O) groups is 2. The van der Waals surface area contributed by atoms with Crippen LogP contribution in [0.4, 0.5) is 4.79 Å². The van der Waals surface area contributed by atoms with Gasteiger partial charge in [0.25, 0.3) is 0 Å². The molecule has 1 fully saturated rings. The van der Waals surface area contributed by atoms with Crippen molar-refractivity contribution in [2.75, 3.05) is 19.6 Å². The molecule has 16 heavy (non-hydrogen) atoms. The average molecular weight is 228 g/mol. The number of hydrogen-bond donors (Lipinski definition) is 4. The van der Waals surface area contributed by atoms with Crippen LogP contribution >= 0.6 is 0 Å². The van der Waals surface area contributed by atoms with E-state index in [0.29, 0.717) is 25.6 Å². The van der Waals surface area contributed by atoms with E-state index in [2.05, 4.69) is 16.0 Å². The second kappa shape index (κ2) is 7.05. The molecule has 1 saturated heterocycles. The fourth-order valence-electron chi connectivity index (χ4n) is 1.78. The molecule has 1 heterocycles. The van der Waals surface area contributed by atoms with Gasteiger partial charge in [0.1, 0.15) is 0 Å². The monoisotopic (exact) mass is 228 g/mol. The molecule has 0 bridgehead atoms. The molecule has 5 N–H and O–H groups in total. The van der Waals surface area contributed by atoms with Gasteiger partial charge in [-0.25, -0.2) is 4.79 Å². The molecular formula is C10H20N4O2. The Morgan fingerprint density at radius 1 is 1.25 bits per heavy atom. The summed E-state index contributed by atoms with van der Waals surface area (Å²) in [7, 11) is 0. The molecule has 92 valence electrons. The van der Waals surface area contributed by atoms with E-state index in [1.807, 2.05) is 0 Å². The van der Waals surface area contributed by atoms with Gasteiger partial charge in [0.05, 0.1) is 0 Å². The van der Waals surface area contributed by atoms with Gasteiger partial charge in [0.15, 0.2) is 0 Å². The van der Waals surface area contributed by atoms with E-state index < -0.39 is 6.03 Å². The van der Waals surface area contributed by atoms with E-state index in [-0.39, 0.29) is 5.91 Å². The van der Waals surface area contributed by atoms with Crippen LogP contribution in [0.1, 0.15) is 25.7 Å². The topological polar surface area (TPSA) is 96.2 Å². The van der Waals surface area contributed by atoms with Crippen LogP contribution < -0.4 is 21.7 Å². The number of primary amides is 1. The van der Waals surface area contributed by atoms with E-state index in [4.69, 9.17) is 5.73 Å². The van der Waals surface area contributed by atoms with Crippen LogP contribution in [0.3, 0.4) is 0 Å². The maximum absolute atomic E-state index is 11.5. The van der Waals surface area contributed by atoms with Gasteiger partial charge in [-0.3, -0.25) is 4.79 Å². The van der Waals surface area contributed by atoms with Crippen LogP contribution in [0.5, 0.6) is 0 Å². The Labute approximate surface area is 95.3 Å². The molecule has 0 spiro atoms. The first-order valence-electron chi connectivity index (χ1n) is 5.72. The second-order valence-corrected chi connectivity index (χ2v) is 3.99.